The highest BCUT2D eigenvalue weighted by atomic mass is 14.6. The van der Waals surface area contributed by atoms with Gasteiger partial charge in [0.05, 0.1) is 0 Å². The number of benzene rings is 1. The topological polar surface area (TPSA) is 26.0 Å². The maximum atomic E-state index is 6.29. The van der Waals surface area contributed by atoms with E-state index in [1.54, 1.807) is 0 Å². The minimum atomic E-state index is 0.194. The molecule has 1 aromatic carbocycles. The zero-order valence-electron chi connectivity index (χ0n) is 11.2. The third kappa shape index (κ3) is 4.35. The fourth-order valence-electron chi connectivity index (χ4n) is 2.39. The average Bonchev–Trinajstić information content (AvgIpc) is 2.28. The third-order valence-electron chi connectivity index (χ3n) is 3.34. The number of hydrogen-bond donors (Lipinski definition) is 1. The number of hydrogen-bond acceptors (Lipinski definition) is 1. The van der Waals surface area contributed by atoms with E-state index in [1.165, 1.54) is 36.0 Å². The van der Waals surface area contributed by atoms with Crippen molar-refractivity contribution in [1.82, 2.24) is 0 Å². The quantitative estimate of drug-likeness (QED) is 0.545. The standard InChI is InChI=1S/C16H25N/c1-4-5-6-7-8-12-15(17)16-13(2)10-9-11-14(16)3/h4,9-11,15H,1,5-8,12,17H2,2-3H3. The zero-order chi connectivity index (χ0) is 12.7. The van der Waals surface area contributed by atoms with Gasteiger partial charge in [-0.05, 0) is 49.8 Å². The molecule has 0 radical (unpaired) electrons. The van der Waals surface area contributed by atoms with Crippen molar-refractivity contribution < 1.29 is 0 Å². The summed E-state index contributed by atoms with van der Waals surface area (Å²) in [5.74, 6) is 0. The molecule has 1 unspecified atom stereocenters. The molecule has 1 rings (SSSR count). The molecule has 0 spiro atoms. The Morgan fingerprint density at radius 2 is 1.82 bits per heavy atom. The summed E-state index contributed by atoms with van der Waals surface area (Å²) in [6.07, 6.45) is 7.91. The van der Waals surface area contributed by atoms with Crippen LogP contribution in [-0.2, 0) is 0 Å². The Balaban J connectivity index is 2.46. The van der Waals surface area contributed by atoms with E-state index >= 15 is 0 Å². The van der Waals surface area contributed by atoms with Gasteiger partial charge in [-0.3, -0.25) is 0 Å². The number of aryl methyl sites for hydroxylation is 2. The predicted octanol–water partition coefficient (Wildman–Crippen LogP) is 4.44. The lowest BCUT2D eigenvalue weighted by atomic mass is 9.93. The Bertz CT molecular complexity index is 334. The Labute approximate surface area is 106 Å². The highest BCUT2D eigenvalue weighted by molar-refractivity contribution is 5.35. The van der Waals surface area contributed by atoms with Crippen molar-refractivity contribution in [2.75, 3.05) is 0 Å². The summed E-state index contributed by atoms with van der Waals surface area (Å²) in [6, 6.07) is 6.60. The van der Waals surface area contributed by atoms with Gasteiger partial charge < -0.3 is 5.73 Å². The lowest BCUT2D eigenvalue weighted by Crippen LogP contribution is -2.13. The summed E-state index contributed by atoms with van der Waals surface area (Å²) >= 11 is 0. The van der Waals surface area contributed by atoms with Crippen molar-refractivity contribution in [3.8, 4) is 0 Å². The van der Waals surface area contributed by atoms with Gasteiger partial charge in [0.15, 0.2) is 0 Å². The molecule has 0 aliphatic rings. The first-order chi connectivity index (χ1) is 8.16. The van der Waals surface area contributed by atoms with Crippen LogP contribution in [0.15, 0.2) is 30.9 Å². The van der Waals surface area contributed by atoms with Crippen LogP contribution in [0.1, 0.15) is 54.8 Å². The van der Waals surface area contributed by atoms with Gasteiger partial charge in [-0.25, -0.2) is 0 Å². The van der Waals surface area contributed by atoms with Gasteiger partial charge in [-0.1, -0.05) is 37.1 Å². The monoisotopic (exact) mass is 231 g/mol. The van der Waals surface area contributed by atoms with Gasteiger partial charge in [0.1, 0.15) is 0 Å². The second-order valence-corrected chi connectivity index (χ2v) is 4.84. The van der Waals surface area contributed by atoms with Crippen molar-refractivity contribution in [2.24, 2.45) is 5.73 Å². The molecule has 0 heterocycles. The third-order valence-corrected chi connectivity index (χ3v) is 3.34. The van der Waals surface area contributed by atoms with E-state index in [4.69, 9.17) is 5.73 Å². The first kappa shape index (κ1) is 14.0. The molecule has 0 bridgehead atoms. The fraction of sp³-hybridized carbons (Fsp3) is 0.500. The van der Waals surface area contributed by atoms with Crippen molar-refractivity contribution in [1.29, 1.82) is 0 Å². The number of unbranched alkanes of at least 4 members (excludes halogenated alkanes) is 3. The molecule has 1 heteroatoms. The smallest absolute Gasteiger partial charge is 0.0300 e. The van der Waals surface area contributed by atoms with Crippen LogP contribution in [0.2, 0.25) is 0 Å². The fourth-order valence-corrected chi connectivity index (χ4v) is 2.39. The Morgan fingerprint density at radius 1 is 1.18 bits per heavy atom. The summed E-state index contributed by atoms with van der Waals surface area (Å²) in [6.45, 7) is 8.04. The maximum Gasteiger partial charge on any atom is 0.0300 e. The Hall–Kier alpha value is -1.08. The van der Waals surface area contributed by atoms with E-state index < -0.39 is 0 Å². The lowest BCUT2D eigenvalue weighted by Gasteiger charge is -2.17. The molecule has 0 saturated carbocycles. The Morgan fingerprint density at radius 3 is 2.41 bits per heavy atom. The van der Waals surface area contributed by atoms with Crippen LogP contribution in [0, 0.1) is 13.8 Å². The first-order valence-electron chi connectivity index (χ1n) is 6.59. The summed E-state index contributed by atoms with van der Waals surface area (Å²) in [7, 11) is 0. The summed E-state index contributed by atoms with van der Waals surface area (Å²) in [4.78, 5) is 0. The highest BCUT2D eigenvalue weighted by Crippen LogP contribution is 2.24. The molecule has 1 atom stereocenters. The minimum Gasteiger partial charge on any atom is -0.324 e. The summed E-state index contributed by atoms with van der Waals surface area (Å²) < 4.78 is 0. The molecular weight excluding hydrogens is 206 g/mol. The Kier molecular flexibility index (Phi) is 5.99. The predicted molar refractivity (Wildman–Crippen MR) is 76.1 cm³/mol. The molecule has 0 aromatic heterocycles. The summed E-state index contributed by atoms with van der Waals surface area (Å²) in [5.41, 5.74) is 10.3. The van der Waals surface area contributed by atoms with Gasteiger partial charge >= 0.3 is 0 Å². The van der Waals surface area contributed by atoms with E-state index in [9.17, 15) is 0 Å². The van der Waals surface area contributed by atoms with E-state index in [2.05, 4.69) is 38.6 Å². The van der Waals surface area contributed by atoms with Gasteiger partial charge in [0.25, 0.3) is 0 Å². The molecule has 0 aliphatic carbocycles. The minimum absolute atomic E-state index is 0.194. The number of nitrogens with two attached hydrogens (primary N) is 1. The van der Waals surface area contributed by atoms with Crippen LogP contribution in [-0.4, -0.2) is 0 Å². The molecule has 17 heavy (non-hydrogen) atoms. The van der Waals surface area contributed by atoms with E-state index in [0.29, 0.717) is 0 Å². The van der Waals surface area contributed by atoms with Gasteiger partial charge in [-0.15, -0.1) is 6.58 Å². The van der Waals surface area contributed by atoms with Crippen LogP contribution in [0.3, 0.4) is 0 Å². The van der Waals surface area contributed by atoms with Gasteiger partial charge in [0.2, 0.25) is 0 Å². The molecule has 1 aromatic rings. The molecule has 0 aliphatic heterocycles. The van der Waals surface area contributed by atoms with Crippen LogP contribution in [0.4, 0.5) is 0 Å². The molecular formula is C16H25N. The van der Waals surface area contributed by atoms with Crippen LogP contribution in [0.25, 0.3) is 0 Å². The molecule has 0 saturated heterocycles. The average molecular weight is 231 g/mol. The molecule has 94 valence electrons. The maximum absolute atomic E-state index is 6.29. The molecule has 0 amide bonds. The highest BCUT2D eigenvalue weighted by Gasteiger charge is 2.10. The van der Waals surface area contributed by atoms with Crippen LogP contribution in [0.5, 0.6) is 0 Å². The molecule has 0 fully saturated rings. The normalized spacial score (nSPS) is 12.4. The van der Waals surface area contributed by atoms with Gasteiger partial charge in [-0.2, -0.15) is 0 Å². The lowest BCUT2D eigenvalue weighted by molar-refractivity contribution is 0.569. The first-order valence-corrected chi connectivity index (χ1v) is 6.59. The van der Waals surface area contributed by atoms with Crippen molar-refractivity contribution in [3.63, 3.8) is 0 Å². The van der Waals surface area contributed by atoms with Crippen LogP contribution >= 0.6 is 0 Å². The van der Waals surface area contributed by atoms with E-state index in [-0.39, 0.29) is 6.04 Å². The second kappa shape index (κ2) is 7.29. The number of rotatable bonds is 7. The molecule has 2 N–H and O–H groups in total. The second-order valence-electron chi connectivity index (χ2n) is 4.84. The van der Waals surface area contributed by atoms with Gasteiger partial charge in [0, 0.05) is 6.04 Å². The zero-order valence-corrected chi connectivity index (χ0v) is 11.2. The van der Waals surface area contributed by atoms with E-state index in [1.807, 2.05) is 6.08 Å². The summed E-state index contributed by atoms with van der Waals surface area (Å²) in [5, 5.41) is 0. The van der Waals surface area contributed by atoms with Crippen LogP contribution < -0.4 is 5.73 Å². The largest absolute Gasteiger partial charge is 0.324 e. The number of allylic oxidation sites excluding steroid dienone is 1. The van der Waals surface area contributed by atoms with E-state index in [0.717, 1.165) is 12.8 Å². The van der Waals surface area contributed by atoms with Crippen molar-refractivity contribution in [3.05, 3.63) is 47.5 Å². The van der Waals surface area contributed by atoms with Crippen molar-refractivity contribution >= 4 is 0 Å². The molecule has 1 nitrogen and oxygen atoms in total. The SMILES string of the molecule is C=CCCCCCC(N)c1c(C)cccc1C. The van der Waals surface area contributed by atoms with Crippen molar-refractivity contribution in [2.45, 2.75) is 52.0 Å².